The van der Waals surface area contributed by atoms with Crippen LogP contribution in [-0.2, 0) is 49.8 Å². The number of rotatable bonds is 9. The molecule has 2 aromatic carbocycles. The lowest BCUT2D eigenvalue weighted by Crippen LogP contribution is -2.70. The van der Waals surface area contributed by atoms with Crippen molar-refractivity contribution in [2.45, 2.75) is 195 Å². The number of phenolic OH excluding ortho intramolecular Hbond substituents is 2. The minimum atomic E-state index is -1.16. The van der Waals surface area contributed by atoms with Gasteiger partial charge in [0.1, 0.15) is 52.4 Å². The number of benzene rings is 2. The normalized spacial score (nSPS) is 35.5. The zero-order chi connectivity index (χ0) is 50.4. The largest absolute Gasteiger partial charge is 0.508 e. The smallest absolute Gasteiger partial charge is 0.326 e. The van der Waals surface area contributed by atoms with Crippen LogP contribution in [0, 0.1) is 45.3 Å². The van der Waals surface area contributed by atoms with Crippen molar-refractivity contribution in [2.75, 3.05) is 6.54 Å². The van der Waals surface area contributed by atoms with Gasteiger partial charge in [0.15, 0.2) is 0 Å². The van der Waals surface area contributed by atoms with Gasteiger partial charge in [-0.05, 0) is 107 Å². The molecule has 4 fully saturated rings. The summed E-state index contributed by atoms with van der Waals surface area (Å²) in [7, 11) is 0. The number of carboxylic acid groups (broad SMARTS) is 1. The molecular weight excluding hydrogens is 893 g/mol. The molecular formula is C56H74N2O12. The highest BCUT2D eigenvalue weighted by atomic mass is 16.6. The molecule has 4 saturated carbocycles. The van der Waals surface area contributed by atoms with Gasteiger partial charge in [-0.15, -0.1) is 0 Å². The predicted octanol–water partition coefficient (Wildman–Crippen LogP) is 9.29. The number of phenols is 2. The van der Waals surface area contributed by atoms with Crippen LogP contribution in [0.3, 0.4) is 0 Å². The number of esters is 2. The predicted molar refractivity (Wildman–Crippen MR) is 257 cm³/mol. The molecule has 2 spiro atoms. The van der Waals surface area contributed by atoms with Crippen LogP contribution in [0.1, 0.15) is 183 Å². The number of unbranched alkanes of at least 4 members (excludes halogenated alkanes) is 1. The fourth-order valence-electron chi connectivity index (χ4n) is 16.4. The number of aliphatic carboxylic acids is 1. The molecule has 4 aliphatic carbocycles. The van der Waals surface area contributed by atoms with E-state index in [9.17, 15) is 39.3 Å². The molecule has 2 aromatic rings. The molecule has 3 N–H and O–H groups in total. The van der Waals surface area contributed by atoms with Gasteiger partial charge in [0.05, 0.1) is 24.2 Å². The van der Waals surface area contributed by atoms with Crippen molar-refractivity contribution in [3.63, 3.8) is 0 Å². The van der Waals surface area contributed by atoms with E-state index in [1.807, 2.05) is 0 Å². The Balaban J connectivity index is 0.856. The maximum atomic E-state index is 14.3. The van der Waals surface area contributed by atoms with Gasteiger partial charge in [-0.1, -0.05) is 55.4 Å². The number of carboxylic acids is 1. The van der Waals surface area contributed by atoms with Crippen LogP contribution in [-0.4, -0.2) is 90.8 Å². The standard InChI is InChI=1S/C56H74N2O12/c1-29-14-16-42-51(5,6)44(67-31(3)59)18-20-55(42)53(29,9)25-35-40(61)23-33-37(46(35)69-55)27-57(48(33)63)22-12-11-13-39(50(65)66)58-28-38-34(49(58)64)24-41(62)36-26-54(10)30(2)15-17-43-52(7,8)45(68-32(4)60)19-21-56(43,54)70-47(36)38/h23-24,29-30,39,42-45,61-62H,11-22,25-28H2,1-10H3,(H,65,66)/t29-,30-,39+,42-,43-,44-,45-,53+,54+,55+,56-/m0/s1. The number of carbonyl (C=O) groups excluding carboxylic acids is 4. The average Bonchev–Trinajstić information content (AvgIpc) is 3.77. The van der Waals surface area contributed by atoms with E-state index in [2.05, 4.69) is 55.4 Å². The van der Waals surface area contributed by atoms with E-state index < -0.39 is 34.5 Å². The Morgan fingerprint density at radius 2 is 1.13 bits per heavy atom. The van der Waals surface area contributed by atoms with Crippen LogP contribution in [0.4, 0.5) is 0 Å². The van der Waals surface area contributed by atoms with Crippen LogP contribution in [0.15, 0.2) is 12.1 Å². The Labute approximate surface area is 412 Å². The Bertz CT molecular complexity index is 2590. The maximum Gasteiger partial charge on any atom is 0.326 e. The molecule has 2 amide bonds. The van der Waals surface area contributed by atoms with E-state index in [1.165, 1.54) is 24.8 Å². The fraction of sp³-hybridized carbons (Fsp3) is 0.696. The van der Waals surface area contributed by atoms with Crippen LogP contribution < -0.4 is 9.47 Å². The highest BCUT2D eigenvalue weighted by Gasteiger charge is 2.70. The summed E-state index contributed by atoms with van der Waals surface area (Å²) < 4.78 is 26.6. The van der Waals surface area contributed by atoms with Crippen LogP contribution in [0.25, 0.3) is 0 Å². The molecule has 8 aliphatic rings. The van der Waals surface area contributed by atoms with E-state index in [0.717, 1.165) is 36.8 Å². The number of carbonyl (C=O) groups is 5. The van der Waals surface area contributed by atoms with Gasteiger partial charge in [0.25, 0.3) is 11.8 Å². The Kier molecular flexibility index (Phi) is 11.3. The zero-order valence-corrected chi connectivity index (χ0v) is 42.9. The van der Waals surface area contributed by atoms with Crippen LogP contribution in [0.5, 0.6) is 23.0 Å². The van der Waals surface area contributed by atoms with Gasteiger partial charge in [-0.25, -0.2) is 4.79 Å². The molecule has 11 atom stereocenters. The summed E-state index contributed by atoms with van der Waals surface area (Å²) in [6, 6.07) is 1.93. The third kappa shape index (κ3) is 6.71. The molecule has 14 nitrogen and oxygen atoms in total. The van der Waals surface area contributed by atoms with E-state index in [0.29, 0.717) is 98.6 Å². The first-order valence-corrected chi connectivity index (χ1v) is 26.1. The first-order chi connectivity index (χ1) is 32.8. The topological polar surface area (TPSA) is 189 Å². The number of nitrogens with zero attached hydrogens (tertiary/aromatic N) is 2. The highest BCUT2D eigenvalue weighted by molar-refractivity contribution is 6.02. The van der Waals surface area contributed by atoms with E-state index in [4.69, 9.17) is 18.9 Å². The molecule has 14 heteroatoms. The Morgan fingerprint density at radius 1 is 0.671 bits per heavy atom. The zero-order valence-electron chi connectivity index (χ0n) is 42.9. The molecule has 0 aromatic heterocycles. The van der Waals surface area contributed by atoms with Gasteiger partial charge in [0, 0.05) is 76.1 Å². The summed E-state index contributed by atoms with van der Waals surface area (Å²) in [6.07, 6.45) is 7.95. The second kappa shape index (κ2) is 16.3. The first-order valence-electron chi connectivity index (χ1n) is 26.1. The molecule has 4 heterocycles. The Hall–Kier alpha value is -5.01. The maximum absolute atomic E-state index is 14.3. The second-order valence-electron chi connectivity index (χ2n) is 24.6. The quantitative estimate of drug-likeness (QED) is 0.160. The summed E-state index contributed by atoms with van der Waals surface area (Å²) in [6.45, 7) is 21.3. The first kappa shape index (κ1) is 48.6. The SMILES string of the molecule is CC(=O)O[C@H]1CC[C@@]23Oc4c(c(O)cc5c4CN([C@H](CCCCN4Cc6c(cc(O)c7c6O[C@]68CC[C@H](OC(C)=O)C(C)(C)[C@@H]6CC[C@H](C)[C@@]8(C)C7)C4=O)C(=O)O)C5=O)C[C@]2(C)[C@@H](C)CC[C@H]3C1(C)C. The van der Waals surface area contributed by atoms with E-state index >= 15 is 0 Å². The Morgan fingerprint density at radius 3 is 1.59 bits per heavy atom. The molecule has 10 rings (SSSR count). The van der Waals surface area contributed by atoms with Crippen molar-refractivity contribution in [2.24, 2.45) is 45.3 Å². The molecule has 70 heavy (non-hydrogen) atoms. The van der Waals surface area contributed by atoms with Gasteiger partial charge in [-0.2, -0.15) is 0 Å². The van der Waals surface area contributed by atoms with E-state index in [1.54, 1.807) is 11.0 Å². The number of aromatic hydroxyl groups is 2. The summed E-state index contributed by atoms with van der Waals surface area (Å²) in [5, 5.41) is 33.9. The van der Waals surface area contributed by atoms with Gasteiger partial charge in [0.2, 0.25) is 0 Å². The van der Waals surface area contributed by atoms with Crippen molar-refractivity contribution in [1.82, 2.24) is 9.80 Å². The van der Waals surface area contributed by atoms with E-state index in [-0.39, 0.29) is 94.1 Å². The molecule has 0 unspecified atom stereocenters. The number of amides is 2. The lowest BCUT2D eigenvalue weighted by Gasteiger charge is -2.67. The molecule has 0 bridgehead atoms. The summed E-state index contributed by atoms with van der Waals surface area (Å²) in [5.74, 6) is -0.671. The van der Waals surface area contributed by atoms with Gasteiger partial charge in [-0.3, -0.25) is 19.2 Å². The monoisotopic (exact) mass is 967 g/mol. The summed E-state index contributed by atoms with van der Waals surface area (Å²) >= 11 is 0. The number of fused-ring (bicyclic) bond motifs is 6. The van der Waals surface area contributed by atoms with Crippen LogP contribution in [0.2, 0.25) is 0 Å². The van der Waals surface area contributed by atoms with Crippen molar-refractivity contribution in [3.05, 3.63) is 45.5 Å². The van der Waals surface area contributed by atoms with Crippen molar-refractivity contribution in [3.8, 4) is 23.0 Å². The average molecular weight is 967 g/mol. The lowest BCUT2D eigenvalue weighted by atomic mass is 9.43. The minimum Gasteiger partial charge on any atom is -0.508 e. The molecule has 0 saturated heterocycles. The second-order valence-corrected chi connectivity index (χ2v) is 24.6. The summed E-state index contributed by atoms with van der Waals surface area (Å²) in [4.78, 5) is 69.1. The van der Waals surface area contributed by atoms with Gasteiger partial charge >= 0.3 is 17.9 Å². The summed E-state index contributed by atoms with van der Waals surface area (Å²) in [5.41, 5.74) is 0.659. The number of hydrogen-bond acceptors (Lipinski definition) is 11. The fourth-order valence-corrected chi connectivity index (χ4v) is 16.4. The molecule has 380 valence electrons. The lowest BCUT2D eigenvalue weighted by molar-refractivity contribution is -0.238. The van der Waals surface area contributed by atoms with Gasteiger partial charge < -0.3 is 44.1 Å². The number of ether oxygens (including phenoxy) is 4. The molecule has 4 aliphatic heterocycles. The highest BCUT2D eigenvalue weighted by Crippen LogP contribution is 2.69. The molecule has 0 radical (unpaired) electrons. The van der Waals surface area contributed by atoms with Crippen molar-refractivity contribution < 1.29 is 58.2 Å². The van der Waals surface area contributed by atoms with Crippen LogP contribution >= 0.6 is 0 Å². The van der Waals surface area contributed by atoms with Crippen molar-refractivity contribution in [1.29, 1.82) is 0 Å². The third-order valence-corrected chi connectivity index (χ3v) is 20.7. The number of hydrogen-bond donors (Lipinski definition) is 3. The van der Waals surface area contributed by atoms with Crippen molar-refractivity contribution >= 4 is 29.7 Å². The minimum absolute atomic E-state index is 0.0141. The third-order valence-electron chi connectivity index (χ3n) is 20.7.